The van der Waals surface area contributed by atoms with Crippen LogP contribution < -0.4 is 20.9 Å². The molecule has 0 saturated heterocycles. The molecule has 3 aromatic carbocycles. The van der Waals surface area contributed by atoms with E-state index in [1.807, 2.05) is 30.3 Å². The molecule has 1 unspecified atom stereocenters. The second-order valence-electron chi connectivity index (χ2n) is 8.28. The monoisotopic (exact) mass is 490 g/mol. The Balaban J connectivity index is 1.54. The first kappa shape index (κ1) is 22.6. The van der Waals surface area contributed by atoms with Gasteiger partial charge in [0.15, 0.2) is 12.4 Å². The summed E-state index contributed by atoms with van der Waals surface area (Å²) >= 11 is 6.27. The van der Waals surface area contributed by atoms with Gasteiger partial charge in [-0.15, -0.1) is 0 Å². The number of aromatic amines is 1. The molecule has 1 aliphatic heterocycles. The van der Waals surface area contributed by atoms with Crippen LogP contribution in [0.4, 0.5) is 10.5 Å². The van der Waals surface area contributed by atoms with Crippen LogP contribution in [-0.2, 0) is 11.2 Å². The number of H-pyrrole nitrogens is 1. The van der Waals surface area contributed by atoms with E-state index in [1.165, 1.54) is 0 Å². The highest BCUT2D eigenvalue weighted by atomic mass is 35.5. The summed E-state index contributed by atoms with van der Waals surface area (Å²) in [7, 11) is 0. The zero-order valence-corrected chi connectivity index (χ0v) is 19.4. The number of primary amides is 1. The van der Waals surface area contributed by atoms with Crippen molar-refractivity contribution < 1.29 is 19.1 Å². The Kier molecular flexibility index (Phi) is 5.96. The SMILES string of the molecule is NC(=O)COc1ccc(C2c3[nH]c4ccc(Cl)cc4c3CCN2C(=O)Oc2ccccc2N)cc1. The Hall–Kier alpha value is -4.17. The standard InChI is InChI=1S/C26H23ClN4O4/c27-16-7-10-21-19(13-16)18-11-12-31(26(33)35-22-4-2-1-3-20(22)28)25(24(18)30-21)15-5-8-17(9-6-15)34-14-23(29)32/h1-10,13,25,30H,11-12,14,28H2,(H2,29,32). The normalized spacial score (nSPS) is 15.0. The third-order valence-electron chi connectivity index (χ3n) is 6.02. The van der Waals surface area contributed by atoms with Gasteiger partial charge in [-0.3, -0.25) is 9.69 Å². The molecule has 0 saturated carbocycles. The number of nitrogen functional groups attached to an aromatic ring is 1. The Labute approximate surface area is 206 Å². The second-order valence-corrected chi connectivity index (χ2v) is 8.72. The van der Waals surface area contributed by atoms with Crippen LogP contribution in [0.1, 0.15) is 22.9 Å². The minimum atomic E-state index is -0.558. The summed E-state index contributed by atoms with van der Waals surface area (Å²) in [6.45, 7) is 0.218. The first-order chi connectivity index (χ1) is 16.9. The lowest BCUT2D eigenvalue weighted by Crippen LogP contribution is -2.42. The first-order valence-electron chi connectivity index (χ1n) is 11.0. The van der Waals surface area contributed by atoms with E-state index in [0.717, 1.165) is 27.7 Å². The number of halogens is 1. The van der Waals surface area contributed by atoms with E-state index in [2.05, 4.69) is 4.98 Å². The fourth-order valence-corrected chi connectivity index (χ4v) is 4.60. The highest BCUT2D eigenvalue weighted by Crippen LogP contribution is 2.40. The fourth-order valence-electron chi connectivity index (χ4n) is 4.43. The average molecular weight is 491 g/mol. The Morgan fingerprint density at radius 3 is 2.60 bits per heavy atom. The highest BCUT2D eigenvalue weighted by Gasteiger charge is 2.36. The maximum absolute atomic E-state index is 13.4. The number of hydrogen-bond donors (Lipinski definition) is 3. The van der Waals surface area contributed by atoms with Crippen molar-refractivity contribution in [2.24, 2.45) is 5.73 Å². The molecule has 1 aliphatic rings. The van der Waals surface area contributed by atoms with Gasteiger partial charge in [-0.25, -0.2) is 4.79 Å². The highest BCUT2D eigenvalue weighted by molar-refractivity contribution is 6.31. The molecule has 2 amide bonds. The maximum Gasteiger partial charge on any atom is 0.416 e. The first-order valence-corrected chi connectivity index (χ1v) is 11.4. The van der Waals surface area contributed by atoms with E-state index < -0.39 is 18.0 Å². The summed E-state index contributed by atoms with van der Waals surface area (Å²) in [6, 6.07) is 19.3. The van der Waals surface area contributed by atoms with Gasteiger partial charge in [0.05, 0.1) is 5.69 Å². The Morgan fingerprint density at radius 1 is 1.09 bits per heavy atom. The lowest BCUT2D eigenvalue weighted by Gasteiger charge is -2.35. The van der Waals surface area contributed by atoms with Crippen LogP contribution >= 0.6 is 11.6 Å². The number of hydrogen-bond acceptors (Lipinski definition) is 5. The molecule has 5 N–H and O–H groups in total. The Morgan fingerprint density at radius 2 is 1.86 bits per heavy atom. The molecule has 0 radical (unpaired) electrons. The molecule has 1 aromatic heterocycles. The molecule has 2 heterocycles. The number of benzene rings is 3. The number of carbonyl (C=O) groups is 2. The summed E-state index contributed by atoms with van der Waals surface area (Å²) in [6.07, 6.45) is 0.120. The number of nitrogens with zero attached hydrogens (tertiary/aromatic N) is 1. The summed E-state index contributed by atoms with van der Waals surface area (Å²) in [5, 5.41) is 1.67. The molecule has 4 aromatic rings. The number of anilines is 1. The van der Waals surface area contributed by atoms with Gasteiger partial charge in [-0.1, -0.05) is 35.9 Å². The van der Waals surface area contributed by atoms with E-state index in [0.29, 0.717) is 35.2 Å². The van der Waals surface area contributed by atoms with E-state index in [1.54, 1.807) is 41.3 Å². The maximum atomic E-state index is 13.4. The Bertz CT molecular complexity index is 1420. The van der Waals surface area contributed by atoms with Crippen molar-refractivity contribution in [3.63, 3.8) is 0 Å². The molecule has 35 heavy (non-hydrogen) atoms. The zero-order chi connectivity index (χ0) is 24.5. The number of nitrogens with two attached hydrogens (primary N) is 2. The number of aromatic nitrogens is 1. The third kappa shape index (κ3) is 4.48. The number of amides is 2. The van der Waals surface area contributed by atoms with Gasteiger partial charge in [0, 0.05) is 28.2 Å². The molecule has 0 spiro atoms. The van der Waals surface area contributed by atoms with Crippen molar-refractivity contribution in [1.29, 1.82) is 0 Å². The van der Waals surface area contributed by atoms with Crippen molar-refractivity contribution in [2.75, 3.05) is 18.9 Å². The minimum Gasteiger partial charge on any atom is -0.484 e. The predicted octanol–water partition coefficient (Wildman–Crippen LogP) is 4.41. The van der Waals surface area contributed by atoms with Gasteiger partial charge in [-0.2, -0.15) is 0 Å². The molecular weight excluding hydrogens is 468 g/mol. The largest absolute Gasteiger partial charge is 0.484 e. The van der Waals surface area contributed by atoms with Gasteiger partial charge < -0.3 is 25.9 Å². The quantitative estimate of drug-likeness (QED) is 0.357. The number of rotatable bonds is 5. The molecule has 5 rings (SSSR count). The van der Waals surface area contributed by atoms with Crippen LogP contribution in [0.3, 0.4) is 0 Å². The van der Waals surface area contributed by atoms with Crippen molar-refractivity contribution in [3.05, 3.63) is 88.6 Å². The lowest BCUT2D eigenvalue weighted by molar-refractivity contribution is -0.119. The summed E-state index contributed by atoms with van der Waals surface area (Å²) in [4.78, 5) is 29.6. The van der Waals surface area contributed by atoms with Crippen LogP contribution in [0, 0.1) is 0 Å². The van der Waals surface area contributed by atoms with Gasteiger partial charge in [0.2, 0.25) is 0 Å². The molecule has 178 valence electrons. The minimum absolute atomic E-state index is 0.216. The van der Waals surface area contributed by atoms with Gasteiger partial charge in [0.1, 0.15) is 11.8 Å². The molecule has 9 heteroatoms. The number of para-hydroxylation sites is 2. The van der Waals surface area contributed by atoms with Crippen LogP contribution in [0.25, 0.3) is 10.9 Å². The summed E-state index contributed by atoms with van der Waals surface area (Å²) in [5.74, 6) is 0.246. The fraction of sp³-hybridized carbons (Fsp3) is 0.154. The van der Waals surface area contributed by atoms with E-state index in [4.69, 9.17) is 32.5 Å². The van der Waals surface area contributed by atoms with Crippen LogP contribution in [0.15, 0.2) is 66.7 Å². The van der Waals surface area contributed by atoms with Gasteiger partial charge in [0.25, 0.3) is 5.91 Å². The number of carbonyl (C=O) groups excluding carboxylic acids is 2. The van der Waals surface area contributed by atoms with E-state index in [9.17, 15) is 9.59 Å². The number of nitrogens with one attached hydrogen (secondary N) is 1. The molecule has 0 bridgehead atoms. The molecular formula is C26H23ClN4O4. The van der Waals surface area contributed by atoms with Crippen LogP contribution in [-0.4, -0.2) is 35.0 Å². The van der Waals surface area contributed by atoms with Crippen molar-refractivity contribution >= 4 is 40.2 Å². The average Bonchev–Trinajstić information content (AvgIpc) is 3.21. The third-order valence-corrected chi connectivity index (χ3v) is 6.25. The molecule has 0 aliphatic carbocycles. The smallest absolute Gasteiger partial charge is 0.416 e. The molecule has 8 nitrogen and oxygen atoms in total. The van der Waals surface area contributed by atoms with Crippen LogP contribution in [0.5, 0.6) is 11.5 Å². The predicted molar refractivity (Wildman–Crippen MR) is 134 cm³/mol. The van der Waals surface area contributed by atoms with E-state index >= 15 is 0 Å². The second kappa shape index (κ2) is 9.23. The summed E-state index contributed by atoms with van der Waals surface area (Å²) < 4.78 is 11.1. The van der Waals surface area contributed by atoms with Crippen molar-refractivity contribution in [2.45, 2.75) is 12.5 Å². The number of fused-ring (bicyclic) bond motifs is 3. The van der Waals surface area contributed by atoms with E-state index in [-0.39, 0.29) is 6.61 Å². The molecule has 1 atom stereocenters. The number of ether oxygens (including phenoxy) is 2. The van der Waals surface area contributed by atoms with Gasteiger partial charge in [-0.05, 0) is 60.0 Å². The molecule has 0 fully saturated rings. The lowest BCUT2D eigenvalue weighted by atomic mass is 9.92. The summed E-state index contributed by atoms with van der Waals surface area (Å²) in [5.41, 5.74) is 15.3. The topological polar surface area (TPSA) is 124 Å². The van der Waals surface area contributed by atoms with Gasteiger partial charge >= 0.3 is 6.09 Å². The van der Waals surface area contributed by atoms with Crippen molar-refractivity contribution in [1.82, 2.24) is 9.88 Å². The zero-order valence-electron chi connectivity index (χ0n) is 18.7. The van der Waals surface area contributed by atoms with Crippen LogP contribution in [0.2, 0.25) is 5.02 Å². The van der Waals surface area contributed by atoms with Crippen molar-refractivity contribution in [3.8, 4) is 11.5 Å².